The van der Waals surface area contributed by atoms with Crippen LogP contribution in [0.15, 0.2) is 12.1 Å². The van der Waals surface area contributed by atoms with Crippen molar-refractivity contribution >= 4 is 58.3 Å². The van der Waals surface area contributed by atoms with E-state index < -0.39 is 0 Å². The first-order valence-electron chi connectivity index (χ1n) is 11.4. The molecule has 3 heterocycles. The Morgan fingerprint density at radius 3 is 1.69 bits per heavy atom. The monoisotopic (exact) mass is 523 g/mol. The van der Waals surface area contributed by atoms with Crippen LogP contribution in [-0.4, -0.2) is 71.2 Å². The molecule has 2 aliphatic rings. The zero-order chi connectivity index (χ0) is 25.3. The third-order valence-electron chi connectivity index (χ3n) is 5.81. The summed E-state index contributed by atoms with van der Waals surface area (Å²) in [5.74, 6) is 0.896. The number of aromatic nitrogens is 3. The molecule has 35 heavy (non-hydrogen) atoms. The van der Waals surface area contributed by atoms with Gasteiger partial charge in [-0.15, -0.1) is 0 Å². The standard InChI is InChI=1S/C21H31Cl2N11O/c1-10(35)28-18-16(22)4-15(5-17(18)23)29-19-30-20(33-6-11(24)2-12(25)7-33)32-21(31-19)34-8-13(26)3-14(27)9-34/h4-5,11-14H,2-3,6-9,24-27H2,1H3,(H,28,35)(H,29,30,31,32). The fourth-order valence-electron chi connectivity index (χ4n) is 4.45. The molecule has 4 atom stereocenters. The summed E-state index contributed by atoms with van der Waals surface area (Å²) in [4.78, 5) is 29.3. The van der Waals surface area contributed by atoms with E-state index >= 15 is 0 Å². The number of nitrogens with two attached hydrogens (primary N) is 4. The molecule has 0 spiro atoms. The maximum Gasteiger partial charge on any atom is 0.233 e. The van der Waals surface area contributed by atoms with Gasteiger partial charge in [-0.1, -0.05) is 23.2 Å². The van der Waals surface area contributed by atoms with Gasteiger partial charge in [0.1, 0.15) is 0 Å². The number of benzene rings is 1. The topological polar surface area (TPSA) is 190 Å². The van der Waals surface area contributed by atoms with Crippen molar-refractivity contribution in [1.29, 1.82) is 0 Å². The molecule has 0 bridgehead atoms. The average Bonchev–Trinajstić information content (AvgIpc) is 2.74. The first-order chi connectivity index (χ1) is 16.6. The zero-order valence-corrected chi connectivity index (χ0v) is 20.9. The van der Waals surface area contributed by atoms with E-state index in [-0.39, 0.29) is 46.1 Å². The largest absolute Gasteiger partial charge is 0.338 e. The second kappa shape index (κ2) is 10.6. The molecule has 12 nitrogen and oxygen atoms in total. The van der Waals surface area contributed by atoms with E-state index in [1.165, 1.54) is 6.92 Å². The van der Waals surface area contributed by atoms with Gasteiger partial charge in [0.05, 0.1) is 15.7 Å². The first kappa shape index (κ1) is 25.6. The molecule has 1 aromatic carbocycles. The van der Waals surface area contributed by atoms with Crippen LogP contribution in [0.4, 0.5) is 29.2 Å². The van der Waals surface area contributed by atoms with E-state index in [9.17, 15) is 4.79 Å². The van der Waals surface area contributed by atoms with Crippen molar-refractivity contribution in [3.8, 4) is 0 Å². The molecule has 2 aromatic rings. The third-order valence-corrected chi connectivity index (χ3v) is 6.40. The number of carbonyl (C=O) groups is 1. The highest BCUT2D eigenvalue weighted by Crippen LogP contribution is 2.35. The minimum absolute atomic E-state index is 0.0915. The van der Waals surface area contributed by atoms with Gasteiger partial charge in [-0.2, -0.15) is 15.0 Å². The molecule has 0 saturated carbocycles. The van der Waals surface area contributed by atoms with Gasteiger partial charge in [-0.25, -0.2) is 0 Å². The maximum absolute atomic E-state index is 11.4. The molecule has 0 radical (unpaired) electrons. The number of piperidine rings is 2. The van der Waals surface area contributed by atoms with Crippen molar-refractivity contribution in [2.24, 2.45) is 22.9 Å². The van der Waals surface area contributed by atoms with Gasteiger partial charge in [0.2, 0.25) is 23.8 Å². The normalized spacial score (nSPS) is 24.9. The van der Waals surface area contributed by atoms with Gasteiger partial charge in [0.15, 0.2) is 0 Å². The van der Waals surface area contributed by atoms with Gasteiger partial charge < -0.3 is 43.4 Å². The summed E-state index contributed by atoms with van der Waals surface area (Å²) in [6.07, 6.45) is 1.46. The Balaban J connectivity index is 1.68. The summed E-state index contributed by atoms with van der Waals surface area (Å²) in [7, 11) is 0. The van der Waals surface area contributed by atoms with Crippen LogP contribution in [0.2, 0.25) is 10.0 Å². The lowest BCUT2D eigenvalue weighted by atomic mass is 10.0. The van der Waals surface area contributed by atoms with Crippen molar-refractivity contribution in [3.63, 3.8) is 0 Å². The summed E-state index contributed by atoms with van der Waals surface area (Å²) >= 11 is 12.7. The highest BCUT2D eigenvalue weighted by Gasteiger charge is 2.29. The van der Waals surface area contributed by atoms with Crippen LogP contribution in [0.25, 0.3) is 0 Å². The molecule has 10 N–H and O–H groups in total. The molecule has 4 rings (SSSR count). The Hall–Kier alpha value is -2.48. The fourth-order valence-corrected chi connectivity index (χ4v) is 5.03. The van der Waals surface area contributed by atoms with E-state index in [0.29, 0.717) is 49.5 Å². The molecular formula is C21H31Cl2N11O. The van der Waals surface area contributed by atoms with Crippen molar-refractivity contribution in [1.82, 2.24) is 15.0 Å². The number of amides is 1. The predicted octanol–water partition coefficient (Wildman–Crippen LogP) is 0.610. The quantitative estimate of drug-likeness (QED) is 0.321. The van der Waals surface area contributed by atoms with E-state index in [4.69, 9.17) is 51.1 Å². The second-order valence-corrected chi connectivity index (χ2v) is 10.0. The van der Waals surface area contributed by atoms with Gasteiger partial charge in [-0.3, -0.25) is 4.79 Å². The Kier molecular flexibility index (Phi) is 7.79. The van der Waals surface area contributed by atoms with Gasteiger partial charge in [-0.05, 0) is 25.0 Å². The summed E-state index contributed by atoms with van der Waals surface area (Å²) in [6.45, 7) is 3.65. The molecular weight excluding hydrogens is 493 g/mol. The molecule has 2 saturated heterocycles. The zero-order valence-electron chi connectivity index (χ0n) is 19.4. The number of rotatable bonds is 5. The molecule has 1 aromatic heterocycles. The Bertz CT molecular complexity index is 1000. The van der Waals surface area contributed by atoms with Crippen LogP contribution < -0.4 is 43.4 Å². The number of halogens is 2. The SMILES string of the molecule is CC(=O)Nc1c(Cl)cc(Nc2nc(N3CC(N)CC(N)C3)nc(N3CC(N)CC(N)C3)n2)cc1Cl. The molecule has 0 aliphatic carbocycles. The molecule has 190 valence electrons. The molecule has 4 unspecified atom stereocenters. The molecule has 1 amide bonds. The lowest BCUT2D eigenvalue weighted by Crippen LogP contribution is -2.54. The second-order valence-electron chi connectivity index (χ2n) is 9.20. The van der Waals surface area contributed by atoms with Crippen LogP contribution in [0, 0.1) is 0 Å². The van der Waals surface area contributed by atoms with Crippen molar-refractivity contribution < 1.29 is 4.79 Å². The molecule has 2 aliphatic heterocycles. The summed E-state index contributed by atoms with van der Waals surface area (Å²) in [5.41, 5.74) is 25.7. The lowest BCUT2D eigenvalue weighted by molar-refractivity contribution is -0.114. The number of carbonyl (C=O) groups excluding carboxylic acids is 1. The van der Waals surface area contributed by atoms with E-state index in [2.05, 4.69) is 20.6 Å². The third kappa shape index (κ3) is 6.40. The van der Waals surface area contributed by atoms with Crippen LogP contribution in [0.3, 0.4) is 0 Å². The van der Waals surface area contributed by atoms with Gasteiger partial charge >= 0.3 is 0 Å². The van der Waals surface area contributed by atoms with Crippen molar-refractivity contribution in [3.05, 3.63) is 22.2 Å². The Morgan fingerprint density at radius 1 is 0.857 bits per heavy atom. The maximum atomic E-state index is 11.4. The Morgan fingerprint density at radius 2 is 1.29 bits per heavy atom. The summed E-state index contributed by atoms with van der Waals surface area (Å²) < 4.78 is 0. The van der Waals surface area contributed by atoms with Crippen molar-refractivity contribution in [2.75, 3.05) is 46.6 Å². The number of hydrogen-bond donors (Lipinski definition) is 6. The average molecular weight is 524 g/mol. The van der Waals surface area contributed by atoms with Gasteiger partial charge in [0.25, 0.3) is 0 Å². The van der Waals surface area contributed by atoms with Crippen molar-refractivity contribution in [2.45, 2.75) is 43.9 Å². The minimum Gasteiger partial charge on any atom is -0.338 e. The summed E-state index contributed by atoms with van der Waals surface area (Å²) in [6, 6.07) is 2.89. The smallest absolute Gasteiger partial charge is 0.233 e. The number of nitrogens with one attached hydrogen (secondary N) is 2. The lowest BCUT2D eigenvalue weighted by Gasteiger charge is -2.37. The van der Waals surface area contributed by atoms with Gasteiger partial charge in [0, 0.05) is 63.0 Å². The predicted molar refractivity (Wildman–Crippen MR) is 139 cm³/mol. The first-order valence-corrected chi connectivity index (χ1v) is 12.1. The molecule has 14 heteroatoms. The van der Waals surface area contributed by atoms with Crippen LogP contribution in [0.5, 0.6) is 0 Å². The molecule has 2 fully saturated rings. The number of hydrogen-bond acceptors (Lipinski definition) is 11. The van der Waals surface area contributed by atoms with Crippen LogP contribution in [-0.2, 0) is 4.79 Å². The number of anilines is 5. The van der Waals surface area contributed by atoms with Crippen LogP contribution in [0.1, 0.15) is 19.8 Å². The van der Waals surface area contributed by atoms with E-state index in [0.717, 1.165) is 12.8 Å². The van der Waals surface area contributed by atoms with Crippen LogP contribution >= 0.6 is 23.2 Å². The Labute approximate surface area is 213 Å². The fraction of sp³-hybridized carbons (Fsp3) is 0.524. The number of nitrogens with zero attached hydrogens (tertiary/aromatic N) is 5. The minimum atomic E-state index is -0.280. The highest BCUT2D eigenvalue weighted by atomic mass is 35.5. The summed E-state index contributed by atoms with van der Waals surface area (Å²) in [5, 5.41) is 6.31. The van der Waals surface area contributed by atoms with E-state index in [1.807, 2.05) is 9.80 Å². The van der Waals surface area contributed by atoms with E-state index in [1.54, 1.807) is 12.1 Å². The highest BCUT2D eigenvalue weighted by molar-refractivity contribution is 6.40.